The number of likely N-dealkylation sites (tertiary alicyclic amines) is 1. The Labute approximate surface area is 105 Å². The highest BCUT2D eigenvalue weighted by Crippen LogP contribution is 2.17. The molecule has 0 bridgehead atoms. The van der Waals surface area contributed by atoms with E-state index >= 15 is 0 Å². The van der Waals surface area contributed by atoms with Gasteiger partial charge in [0.05, 0.1) is 11.7 Å². The van der Waals surface area contributed by atoms with Crippen molar-refractivity contribution in [2.75, 3.05) is 33.4 Å². The molecular formula is C13H28N2O2. The maximum atomic E-state index is 6.19. The number of hydrogen-bond acceptors (Lipinski definition) is 4. The maximum Gasteiger partial charge on any atom is 0.0785 e. The SMILES string of the molecule is CCOC1CCN(CC(N)C(C)(C)OC)CC1. The molecule has 1 heterocycles. The number of methoxy groups -OCH3 is 1. The topological polar surface area (TPSA) is 47.7 Å². The van der Waals surface area contributed by atoms with Crippen molar-refractivity contribution in [3.63, 3.8) is 0 Å². The molecule has 1 aliphatic rings. The van der Waals surface area contributed by atoms with E-state index in [0.29, 0.717) is 6.10 Å². The van der Waals surface area contributed by atoms with E-state index in [1.54, 1.807) is 7.11 Å². The Bertz CT molecular complexity index is 213. The molecule has 1 atom stereocenters. The van der Waals surface area contributed by atoms with Gasteiger partial charge in [0, 0.05) is 39.4 Å². The lowest BCUT2D eigenvalue weighted by atomic mass is 9.97. The van der Waals surface area contributed by atoms with E-state index in [9.17, 15) is 0 Å². The second-order valence-electron chi connectivity index (χ2n) is 5.37. The van der Waals surface area contributed by atoms with Gasteiger partial charge in [-0.25, -0.2) is 0 Å². The summed E-state index contributed by atoms with van der Waals surface area (Å²) in [7, 11) is 1.72. The number of ether oxygens (including phenoxy) is 2. The van der Waals surface area contributed by atoms with E-state index in [0.717, 1.165) is 39.1 Å². The predicted molar refractivity (Wildman–Crippen MR) is 70.2 cm³/mol. The van der Waals surface area contributed by atoms with Gasteiger partial charge in [-0.3, -0.25) is 0 Å². The Hall–Kier alpha value is -0.160. The second-order valence-corrected chi connectivity index (χ2v) is 5.37. The molecule has 1 fully saturated rings. The van der Waals surface area contributed by atoms with E-state index < -0.39 is 0 Å². The van der Waals surface area contributed by atoms with Crippen molar-refractivity contribution in [2.24, 2.45) is 5.73 Å². The largest absolute Gasteiger partial charge is 0.378 e. The zero-order valence-electron chi connectivity index (χ0n) is 11.7. The van der Waals surface area contributed by atoms with Gasteiger partial charge in [-0.1, -0.05) is 0 Å². The van der Waals surface area contributed by atoms with Crippen molar-refractivity contribution in [3.8, 4) is 0 Å². The number of nitrogens with zero attached hydrogens (tertiary/aromatic N) is 1. The summed E-state index contributed by atoms with van der Waals surface area (Å²) in [5.41, 5.74) is 5.94. The lowest BCUT2D eigenvalue weighted by molar-refractivity contribution is -0.0215. The third-order valence-corrected chi connectivity index (χ3v) is 3.81. The van der Waals surface area contributed by atoms with Gasteiger partial charge < -0.3 is 20.1 Å². The Morgan fingerprint density at radius 1 is 1.35 bits per heavy atom. The lowest BCUT2D eigenvalue weighted by Crippen LogP contribution is -2.53. The summed E-state index contributed by atoms with van der Waals surface area (Å²) in [5.74, 6) is 0. The van der Waals surface area contributed by atoms with Gasteiger partial charge in [0.25, 0.3) is 0 Å². The molecule has 0 aromatic rings. The van der Waals surface area contributed by atoms with E-state index in [1.165, 1.54) is 0 Å². The first kappa shape index (κ1) is 14.9. The van der Waals surface area contributed by atoms with E-state index in [1.807, 2.05) is 13.8 Å². The average molecular weight is 244 g/mol. The first-order valence-electron chi connectivity index (χ1n) is 6.64. The Morgan fingerprint density at radius 3 is 2.41 bits per heavy atom. The molecule has 4 heteroatoms. The van der Waals surface area contributed by atoms with Gasteiger partial charge in [-0.05, 0) is 33.6 Å². The minimum atomic E-state index is -0.253. The first-order valence-corrected chi connectivity index (χ1v) is 6.64. The van der Waals surface area contributed by atoms with Crippen LogP contribution in [0.3, 0.4) is 0 Å². The summed E-state index contributed by atoms with van der Waals surface area (Å²) in [6, 6.07) is 0.0520. The number of rotatable bonds is 6. The van der Waals surface area contributed by atoms with Crippen LogP contribution in [0.4, 0.5) is 0 Å². The van der Waals surface area contributed by atoms with Crippen LogP contribution < -0.4 is 5.73 Å². The fourth-order valence-electron chi connectivity index (χ4n) is 2.14. The van der Waals surface area contributed by atoms with Crippen LogP contribution in [0.5, 0.6) is 0 Å². The molecule has 102 valence electrons. The van der Waals surface area contributed by atoms with Crippen molar-refractivity contribution < 1.29 is 9.47 Å². The van der Waals surface area contributed by atoms with E-state index in [4.69, 9.17) is 15.2 Å². The van der Waals surface area contributed by atoms with Crippen LogP contribution in [0.15, 0.2) is 0 Å². The molecule has 0 aromatic heterocycles. The van der Waals surface area contributed by atoms with E-state index in [-0.39, 0.29) is 11.6 Å². The maximum absolute atomic E-state index is 6.19. The molecule has 1 rings (SSSR count). The molecule has 2 N–H and O–H groups in total. The Kier molecular flexibility index (Phi) is 5.86. The molecule has 0 aliphatic carbocycles. The van der Waals surface area contributed by atoms with Crippen LogP contribution in [0.2, 0.25) is 0 Å². The molecule has 1 aliphatic heterocycles. The quantitative estimate of drug-likeness (QED) is 0.763. The highest BCUT2D eigenvalue weighted by molar-refractivity contribution is 4.86. The molecule has 0 radical (unpaired) electrons. The van der Waals surface area contributed by atoms with Crippen LogP contribution in [0.1, 0.15) is 33.6 Å². The van der Waals surface area contributed by atoms with Crippen molar-refractivity contribution in [1.82, 2.24) is 4.90 Å². The van der Waals surface area contributed by atoms with Crippen molar-refractivity contribution in [3.05, 3.63) is 0 Å². The molecular weight excluding hydrogens is 216 g/mol. The van der Waals surface area contributed by atoms with Gasteiger partial charge in [-0.2, -0.15) is 0 Å². The minimum Gasteiger partial charge on any atom is -0.378 e. The van der Waals surface area contributed by atoms with Gasteiger partial charge in [0.1, 0.15) is 0 Å². The molecule has 0 aromatic carbocycles. The standard InChI is InChI=1S/C13H28N2O2/c1-5-17-11-6-8-15(9-7-11)10-12(14)13(2,3)16-4/h11-12H,5-10,14H2,1-4H3. The Morgan fingerprint density at radius 2 is 1.94 bits per heavy atom. The molecule has 0 spiro atoms. The molecule has 1 unspecified atom stereocenters. The molecule has 0 amide bonds. The lowest BCUT2D eigenvalue weighted by Gasteiger charge is -2.37. The fraction of sp³-hybridized carbons (Fsp3) is 1.00. The smallest absolute Gasteiger partial charge is 0.0785 e. The molecule has 1 saturated heterocycles. The zero-order valence-corrected chi connectivity index (χ0v) is 11.7. The average Bonchev–Trinajstić information content (AvgIpc) is 2.32. The normalized spacial score (nSPS) is 21.7. The van der Waals surface area contributed by atoms with Crippen molar-refractivity contribution in [2.45, 2.75) is 51.4 Å². The van der Waals surface area contributed by atoms with Crippen molar-refractivity contribution in [1.29, 1.82) is 0 Å². The summed E-state index contributed by atoms with van der Waals surface area (Å²) in [4.78, 5) is 2.42. The minimum absolute atomic E-state index is 0.0520. The van der Waals surface area contributed by atoms with Crippen LogP contribution in [0.25, 0.3) is 0 Å². The number of nitrogens with two attached hydrogens (primary N) is 1. The highest BCUT2D eigenvalue weighted by atomic mass is 16.5. The van der Waals surface area contributed by atoms with Gasteiger partial charge in [-0.15, -0.1) is 0 Å². The fourth-order valence-corrected chi connectivity index (χ4v) is 2.14. The van der Waals surface area contributed by atoms with Crippen LogP contribution >= 0.6 is 0 Å². The highest BCUT2D eigenvalue weighted by Gasteiger charge is 2.29. The summed E-state index contributed by atoms with van der Waals surface area (Å²) in [6.07, 6.45) is 2.69. The van der Waals surface area contributed by atoms with Gasteiger partial charge in [0.15, 0.2) is 0 Å². The number of hydrogen-bond donors (Lipinski definition) is 1. The number of piperidine rings is 1. The summed E-state index contributed by atoms with van der Waals surface area (Å²) >= 11 is 0. The monoisotopic (exact) mass is 244 g/mol. The Balaban J connectivity index is 2.30. The summed E-state index contributed by atoms with van der Waals surface area (Å²) < 4.78 is 11.1. The third-order valence-electron chi connectivity index (χ3n) is 3.81. The zero-order chi connectivity index (χ0) is 12.9. The van der Waals surface area contributed by atoms with E-state index in [2.05, 4.69) is 11.8 Å². The summed E-state index contributed by atoms with van der Waals surface area (Å²) in [6.45, 7) is 10.0. The molecule has 17 heavy (non-hydrogen) atoms. The van der Waals surface area contributed by atoms with Gasteiger partial charge >= 0.3 is 0 Å². The van der Waals surface area contributed by atoms with Crippen molar-refractivity contribution >= 4 is 0 Å². The first-order chi connectivity index (χ1) is 7.99. The second kappa shape index (κ2) is 6.69. The van der Waals surface area contributed by atoms with Crippen LogP contribution in [0, 0.1) is 0 Å². The molecule has 0 saturated carbocycles. The predicted octanol–water partition coefficient (Wildman–Crippen LogP) is 1.24. The van der Waals surface area contributed by atoms with Crippen LogP contribution in [-0.4, -0.2) is 56.0 Å². The summed E-state index contributed by atoms with van der Waals surface area (Å²) in [5, 5.41) is 0. The van der Waals surface area contributed by atoms with Gasteiger partial charge in [0.2, 0.25) is 0 Å². The molecule has 4 nitrogen and oxygen atoms in total. The van der Waals surface area contributed by atoms with Crippen LogP contribution in [-0.2, 0) is 9.47 Å². The third kappa shape index (κ3) is 4.54.